The van der Waals surface area contributed by atoms with Crippen molar-refractivity contribution >= 4 is 12.4 Å². The van der Waals surface area contributed by atoms with Gasteiger partial charge >= 0.3 is 0 Å². The quantitative estimate of drug-likeness (QED) is 0.163. The predicted molar refractivity (Wildman–Crippen MR) is 122 cm³/mol. The zero-order valence-corrected chi connectivity index (χ0v) is 19.1. The molecule has 2 rings (SSSR count). The van der Waals surface area contributed by atoms with E-state index in [9.17, 15) is 20.4 Å². The molecule has 0 spiro atoms. The second-order valence-electron chi connectivity index (χ2n) is 7.79. The molecule has 0 aliphatic carbocycles. The molecule has 0 amide bonds. The molecule has 0 aromatic carbocycles. The highest BCUT2D eigenvalue weighted by molar-refractivity contribution is 5.82. The molecule has 2 aromatic rings. The molecule has 2 aromatic heterocycles. The van der Waals surface area contributed by atoms with E-state index in [1.165, 1.54) is 0 Å². The minimum absolute atomic E-state index is 0.0897. The van der Waals surface area contributed by atoms with Crippen molar-refractivity contribution < 1.29 is 30.4 Å². The molecule has 0 aliphatic rings. The summed E-state index contributed by atoms with van der Waals surface area (Å²) in [6.07, 6.45) is 8.46. The number of aromatic hydroxyl groups is 2. The Labute approximate surface area is 188 Å². The molecule has 0 fully saturated rings. The van der Waals surface area contributed by atoms with Crippen molar-refractivity contribution in [1.29, 1.82) is 0 Å². The smallest absolute Gasteiger partial charge is 0.173 e. The third-order valence-electron chi connectivity index (χ3n) is 5.27. The molecule has 0 aliphatic heterocycles. The third kappa shape index (κ3) is 7.08. The lowest BCUT2D eigenvalue weighted by Gasteiger charge is -2.13. The Morgan fingerprint density at radius 1 is 0.812 bits per heavy atom. The second kappa shape index (κ2) is 12.8. The average Bonchev–Trinajstić information content (AvgIpc) is 2.78. The summed E-state index contributed by atoms with van der Waals surface area (Å²) in [6.45, 7) is 6.41. The maximum atomic E-state index is 10.1. The Morgan fingerprint density at radius 2 is 1.22 bits per heavy atom. The van der Waals surface area contributed by atoms with Crippen molar-refractivity contribution in [1.82, 2.24) is 14.9 Å². The van der Waals surface area contributed by atoms with Gasteiger partial charge in [0, 0.05) is 49.5 Å². The van der Waals surface area contributed by atoms with Gasteiger partial charge < -0.3 is 25.3 Å². The van der Waals surface area contributed by atoms with E-state index in [1.54, 1.807) is 38.7 Å². The molecule has 32 heavy (non-hydrogen) atoms. The lowest BCUT2D eigenvalue weighted by Crippen LogP contribution is -2.70. The van der Waals surface area contributed by atoms with Gasteiger partial charge in [-0.15, -0.1) is 0 Å². The fraction of sp³-hybridized carbons (Fsp3) is 0.478. The number of pyridine rings is 2. The molecule has 6 N–H and O–H groups in total. The number of nitrogens with one attached hydrogen (secondary N) is 2. The Hall–Kier alpha value is -2.88. The van der Waals surface area contributed by atoms with Crippen LogP contribution in [-0.4, -0.2) is 80.9 Å². The van der Waals surface area contributed by atoms with Crippen LogP contribution in [0.3, 0.4) is 0 Å². The minimum Gasteiger partial charge on any atom is -0.505 e. The van der Waals surface area contributed by atoms with Gasteiger partial charge in [-0.2, -0.15) is 0 Å². The maximum Gasteiger partial charge on any atom is 0.173 e. The summed E-state index contributed by atoms with van der Waals surface area (Å²) in [7, 11) is 2.07. The van der Waals surface area contributed by atoms with Gasteiger partial charge in [-0.05, 0) is 20.9 Å². The summed E-state index contributed by atoms with van der Waals surface area (Å²) in [5.74, 6) is 0.179. The number of hydrogen-bond acceptors (Lipinski definition) is 7. The maximum absolute atomic E-state index is 10.1. The minimum atomic E-state index is -0.176. The number of rotatable bonds is 12. The highest BCUT2D eigenvalue weighted by Gasteiger charge is 2.12. The van der Waals surface area contributed by atoms with Crippen LogP contribution in [0.25, 0.3) is 0 Å². The summed E-state index contributed by atoms with van der Waals surface area (Å²) in [4.78, 5) is 16.7. The molecule has 0 atom stereocenters. The molecule has 174 valence electrons. The fourth-order valence-corrected chi connectivity index (χ4v) is 3.24. The Balaban J connectivity index is 1.72. The van der Waals surface area contributed by atoms with Crippen molar-refractivity contribution in [2.75, 3.05) is 33.2 Å². The molecule has 9 nitrogen and oxygen atoms in total. The van der Waals surface area contributed by atoms with Crippen LogP contribution in [0.2, 0.25) is 0 Å². The summed E-state index contributed by atoms with van der Waals surface area (Å²) in [5.41, 5.74) is 3.39. The fourth-order valence-electron chi connectivity index (χ4n) is 3.24. The van der Waals surface area contributed by atoms with Gasteiger partial charge in [-0.25, -0.2) is 9.98 Å². The molecule has 0 saturated heterocycles. The van der Waals surface area contributed by atoms with E-state index in [-0.39, 0.29) is 24.7 Å². The summed E-state index contributed by atoms with van der Waals surface area (Å²) < 4.78 is 0. The van der Waals surface area contributed by atoms with Gasteiger partial charge in [0.25, 0.3) is 0 Å². The second-order valence-corrected chi connectivity index (χ2v) is 7.79. The number of aliphatic hydroxyl groups is 2. The number of aryl methyl sites for hydroxylation is 2. The first-order chi connectivity index (χ1) is 15.4. The highest BCUT2D eigenvalue weighted by atomic mass is 16.3. The van der Waals surface area contributed by atoms with Crippen LogP contribution >= 0.6 is 0 Å². The summed E-state index contributed by atoms with van der Waals surface area (Å²) in [6, 6.07) is 0. The van der Waals surface area contributed by atoms with Crippen molar-refractivity contribution in [2.24, 2.45) is 0 Å². The zero-order valence-electron chi connectivity index (χ0n) is 19.1. The lowest BCUT2D eigenvalue weighted by molar-refractivity contribution is -0.452. The number of hydrogen-bond donors (Lipinski definition) is 6. The monoisotopic (exact) mass is 445 g/mol. The third-order valence-corrected chi connectivity index (χ3v) is 5.27. The van der Waals surface area contributed by atoms with Crippen LogP contribution in [0.5, 0.6) is 11.5 Å². The van der Waals surface area contributed by atoms with Crippen molar-refractivity contribution in [2.45, 2.75) is 39.9 Å². The van der Waals surface area contributed by atoms with Gasteiger partial charge in [0.05, 0.1) is 35.7 Å². The number of aliphatic hydroxyl groups excluding tert-OH is 2. The first-order valence-corrected chi connectivity index (χ1v) is 10.8. The van der Waals surface area contributed by atoms with E-state index in [2.05, 4.69) is 31.9 Å². The van der Waals surface area contributed by atoms with Crippen LogP contribution in [0.4, 0.5) is 0 Å². The Kier molecular flexibility index (Phi) is 10.2. The van der Waals surface area contributed by atoms with E-state index in [0.29, 0.717) is 33.6 Å². The molecule has 2 heterocycles. The largest absolute Gasteiger partial charge is 0.505 e. The first-order valence-electron chi connectivity index (χ1n) is 10.8. The molecular formula is C23H35N5O4+2. The van der Waals surface area contributed by atoms with E-state index in [4.69, 9.17) is 0 Å². The number of aromatic nitrogens is 2. The van der Waals surface area contributed by atoms with E-state index < -0.39 is 0 Å². The van der Waals surface area contributed by atoms with Crippen LogP contribution < -0.4 is 9.98 Å². The Bertz CT molecular complexity index is 871. The molecule has 0 bridgehead atoms. The number of nitrogens with zero attached hydrogens (tertiary/aromatic N) is 3. The van der Waals surface area contributed by atoms with Gasteiger partial charge in [0.15, 0.2) is 12.4 Å². The van der Waals surface area contributed by atoms with Gasteiger partial charge in [0.2, 0.25) is 0 Å². The van der Waals surface area contributed by atoms with Crippen molar-refractivity contribution in [3.8, 4) is 11.5 Å². The van der Waals surface area contributed by atoms with Crippen molar-refractivity contribution in [3.63, 3.8) is 0 Å². The van der Waals surface area contributed by atoms with Crippen LogP contribution in [0.15, 0.2) is 12.4 Å². The van der Waals surface area contributed by atoms with Crippen molar-refractivity contribution in [3.05, 3.63) is 46.0 Å². The SMILES string of the molecule is Cc1ncc(CO)c(C=[NH+]CCCN(C)CCC[NH+]=Cc2c(CO)cnc(C)c2O)c1O. The van der Waals surface area contributed by atoms with Crippen LogP contribution in [-0.2, 0) is 13.2 Å². The summed E-state index contributed by atoms with van der Waals surface area (Å²) in [5, 5.41) is 39.1. The van der Waals surface area contributed by atoms with E-state index in [1.807, 2.05) is 0 Å². The highest BCUT2D eigenvalue weighted by Crippen LogP contribution is 2.21. The normalized spacial score (nSPS) is 11.9. The van der Waals surface area contributed by atoms with Crippen LogP contribution in [0.1, 0.15) is 46.5 Å². The molecule has 9 heteroatoms. The van der Waals surface area contributed by atoms with Gasteiger partial charge in [0.1, 0.15) is 24.6 Å². The molecule has 0 saturated carbocycles. The summed E-state index contributed by atoms with van der Waals surface area (Å²) >= 11 is 0. The molecule has 0 radical (unpaired) electrons. The first kappa shape index (κ1) is 25.4. The van der Waals surface area contributed by atoms with E-state index in [0.717, 1.165) is 39.0 Å². The predicted octanol–water partition coefficient (Wildman–Crippen LogP) is -2.10. The Morgan fingerprint density at radius 3 is 1.59 bits per heavy atom. The topological polar surface area (TPSA) is 138 Å². The molecular weight excluding hydrogens is 410 g/mol. The zero-order chi connectivity index (χ0) is 23.5. The lowest BCUT2D eigenvalue weighted by atomic mass is 10.1. The van der Waals surface area contributed by atoms with Gasteiger partial charge in [-0.1, -0.05) is 0 Å². The van der Waals surface area contributed by atoms with Gasteiger partial charge in [-0.3, -0.25) is 9.97 Å². The standard InChI is InChI=1S/C23H33N5O4/c1-16-22(31)20(18(14-29)10-26-16)12-24-6-4-8-28(3)9-5-7-25-13-21-19(15-30)11-27-17(2)23(21)32/h10-13,29-32H,4-9,14-15H2,1-3H3/p+2. The molecule has 0 unspecified atom stereocenters. The van der Waals surface area contributed by atoms with Crippen LogP contribution in [0, 0.1) is 13.8 Å². The van der Waals surface area contributed by atoms with E-state index >= 15 is 0 Å². The average molecular weight is 446 g/mol.